The van der Waals surface area contributed by atoms with Crippen LogP contribution in [-0.2, 0) is 23.0 Å². The van der Waals surface area contributed by atoms with E-state index in [-0.39, 0.29) is 12.1 Å². The molecule has 0 fully saturated rings. The number of nitrogens with one attached hydrogen (secondary N) is 1. The van der Waals surface area contributed by atoms with Crippen LogP contribution < -0.4 is 5.32 Å². The summed E-state index contributed by atoms with van der Waals surface area (Å²) in [4.78, 5) is 23.3. The lowest BCUT2D eigenvalue weighted by Crippen LogP contribution is -2.44. The maximum absolute atomic E-state index is 11.8. The lowest BCUT2D eigenvalue weighted by molar-refractivity contribution is -0.139. The molecule has 8 nitrogen and oxygen atoms in total. The first kappa shape index (κ1) is 18.3. The monoisotopic (exact) mass is 344 g/mol. The number of rotatable bonds is 4. The first-order valence-corrected chi connectivity index (χ1v) is 7.69. The highest BCUT2D eigenvalue weighted by Gasteiger charge is 2.24. The van der Waals surface area contributed by atoms with Gasteiger partial charge in [-0.3, -0.25) is 4.68 Å². The maximum Gasteiger partial charge on any atom is 0.408 e. The largest absolute Gasteiger partial charge is 0.480 e. The Hall–Kier alpha value is -3.08. The normalized spacial score (nSPS) is 12.4. The number of carbonyl (C=O) groups is 2. The molecule has 2 N–H and O–H groups in total. The Kier molecular flexibility index (Phi) is 4.97. The second kappa shape index (κ2) is 6.81. The Morgan fingerprint density at radius 1 is 1.44 bits per heavy atom. The van der Waals surface area contributed by atoms with Crippen LogP contribution in [-0.4, -0.2) is 38.6 Å². The lowest BCUT2D eigenvalue weighted by Gasteiger charge is -2.22. The molecule has 0 saturated heterocycles. The zero-order chi connectivity index (χ0) is 18.8. The molecule has 1 atom stereocenters. The fourth-order valence-electron chi connectivity index (χ4n) is 2.41. The molecule has 1 heterocycles. The van der Waals surface area contributed by atoms with Gasteiger partial charge < -0.3 is 15.2 Å². The van der Waals surface area contributed by atoms with Crippen LogP contribution in [0, 0.1) is 11.3 Å². The van der Waals surface area contributed by atoms with Crippen molar-refractivity contribution >= 4 is 23.0 Å². The quantitative estimate of drug-likeness (QED) is 0.875. The van der Waals surface area contributed by atoms with Gasteiger partial charge in [-0.1, -0.05) is 6.07 Å². The van der Waals surface area contributed by atoms with Gasteiger partial charge >= 0.3 is 12.1 Å². The van der Waals surface area contributed by atoms with E-state index in [1.165, 1.54) is 0 Å². The number of nitrogens with zero attached hydrogens (tertiary/aromatic N) is 3. The number of carbonyl (C=O) groups excluding carboxylic acids is 1. The molecule has 1 aromatic heterocycles. The van der Waals surface area contributed by atoms with Crippen LogP contribution in [0.5, 0.6) is 0 Å². The van der Waals surface area contributed by atoms with Gasteiger partial charge in [-0.05, 0) is 38.5 Å². The van der Waals surface area contributed by atoms with Crippen LogP contribution in [0.1, 0.15) is 32.0 Å². The van der Waals surface area contributed by atoms with Gasteiger partial charge in [0, 0.05) is 18.9 Å². The van der Waals surface area contributed by atoms with Gasteiger partial charge in [0.05, 0.1) is 5.52 Å². The fraction of sp³-hybridized carbons (Fsp3) is 0.412. The number of carboxylic acids is 1. The summed E-state index contributed by atoms with van der Waals surface area (Å²) in [5, 5.41) is 25.6. The number of amides is 1. The molecule has 0 saturated carbocycles. The fourth-order valence-corrected chi connectivity index (χ4v) is 2.41. The molecular weight excluding hydrogens is 324 g/mol. The zero-order valence-electron chi connectivity index (χ0n) is 14.5. The Morgan fingerprint density at radius 3 is 2.68 bits per heavy atom. The Morgan fingerprint density at radius 2 is 2.12 bits per heavy atom. The van der Waals surface area contributed by atoms with E-state index in [0.717, 1.165) is 5.52 Å². The molecule has 2 aromatic rings. The van der Waals surface area contributed by atoms with E-state index in [4.69, 9.17) is 10.00 Å². The molecular formula is C17H20N4O4. The number of aliphatic carboxylic acids is 1. The average Bonchev–Trinajstić information content (AvgIpc) is 2.80. The van der Waals surface area contributed by atoms with Crippen LogP contribution >= 0.6 is 0 Å². The average molecular weight is 344 g/mol. The number of ether oxygens (including phenoxy) is 1. The molecule has 0 radical (unpaired) electrons. The van der Waals surface area contributed by atoms with Crippen molar-refractivity contribution in [3.8, 4) is 6.07 Å². The molecule has 0 spiro atoms. The molecule has 0 aliphatic carbocycles. The molecule has 132 valence electrons. The molecule has 2 rings (SSSR count). The van der Waals surface area contributed by atoms with Crippen molar-refractivity contribution in [2.75, 3.05) is 0 Å². The minimum atomic E-state index is -1.17. The van der Waals surface area contributed by atoms with Crippen LogP contribution in [0.25, 0.3) is 10.9 Å². The van der Waals surface area contributed by atoms with Gasteiger partial charge in [0.15, 0.2) is 5.69 Å². The number of aromatic nitrogens is 2. The summed E-state index contributed by atoms with van der Waals surface area (Å²) in [6.07, 6.45) is -0.732. The zero-order valence-corrected chi connectivity index (χ0v) is 14.5. The van der Waals surface area contributed by atoms with Gasteiger partial charge in [0.1, 0.15) is 17.7 Å². The topological polar surface area (TPSA) is 117 Å². The van der Waals surface area contributed by atoms with Gasteiger partial charge in [-0.25, -0.2) is 9.59 Å². The minimum absolute atomic E-state index is 0.0598. The van der Waals surface area contributed by atoms with Crippen molar-refractivity contribution in [3.63, 3.8) is 0 Å². The molecule has 0 aliphatic rings. The number of hydrogen-bond acceptors (Lipinski definition) is 5. The summed E-state index contributed by atoms with van der Waals surface area (Å²) in [6.45, 7) is 5.09. The number of alkyl carbamates (subject to hydrolysis) is 1. The number of fused-ring (bicyclic) bond motifs is 1. The molecule has 1 unspecified atom stereocenters. The van der Waals surface area contributed by atoms with Crippen LogP contribution in [0.3, 0.4) is 0 Å². The van der Waals surface area contributed by atoms with Crippen LogP contribution in [0.2, 0.25) is 0 Å². The van der Waals surface area contributed by atoms with E-state index in [9.17, 15) is 14.7 Å². The first-order valence-electron chi connectivity index (χ1n) is 7.69. The van der Waals surface area contributed by atoms with Gasteiger partial charge in [-0.2, -0.15) is 10.4 Å². The van der Waals surface area contributed by atoms with Crippen molar-refractivity contribution in [1.82, 2.24) is 15.1 Å². The predicted molar refractivity (Wildman–Crippen MR) is 89.9 cm³/mol. The highest BCUT2D eigenvalue weighted by atomic mass is 16.6. The molecule has 0 bridgehead atoms. The Balaban J connectivity index is 2.22. The third-order valence-corrected chi connectivity index (χ3v) is 3.45. The SMILES string of the molecule is Cn1nc(C#N)c2cc(CC(NC(=O)OC(C)(C)C)C(=O)O)ccc21. The summed E-state index contributed by atoms with van der Waals surface area (Å²) in [5.41, 5.74) is 0.989. The van der Waals surface area contributed by atoms with Crippen molar-refractivity contribution in [1.29, 1.82) is 5.26 Å². The smallest absolute Gasteiger partial charge is 0.408 e. The van der Waals surface area contributed by atoms with Gasteiger partial charge in [0.2, 0.25) is 0 Å². The van der Waals surface area contributed by atoms with E-state index in [2.05, 4.69) is 10.4 Å². The number of aryl methyl sites for hydroxylation is 1. The van der Waals surface area contributed by atoms with Crippen LogP contribution in [0.4, 0.5) is 4.79 Å². The van der Waals surface area contributed by atoms with E-state index < -0.39 is 23.7 Å². The summed E-state index contributed by atoms with van der Waals surface area (Å²) in [5.74, 6) is -1.17. The molecule has 25 heavy (non-hydrogen) atoms. The van der Waals surface area contributed by atoms with Gasteiger partial charge in [-0.15, -0.1) is 0 Å². The van der Waals surface area contributed by atoms with Crippen LogP contribution in [0.15, 0.2) is 18.2 Å². The summed E-state index contributed by atoms with van der Waals surface area (Å²) >= 11 is 0. The Labute approximate surface area is 145 Å². The van der Waals surface area contributed by atoms with E-state index in [1.807, 2.05) is 6.07 Å². The van der Waals surface area contributed by atoms with Crippen molar-refractivity contribution in [2.45, 2.75) is 38.8 Å². The standard InChI is InChI=1S/C17H20N4O4/c1-17(2,3)25-16(24)19-12(15(22)23)8-10-5-6-14-11(7-10)13(9-18)20-21(14)4/h5-7,12H,8H2,1-4H3,(H,19,24)(H,22,23). The van der Waals surface area contributed by atoms with E-state index in [1.54, 1.807) is 50.7 Å². The maximum atomic E-state index is 11.8. The number of nitriles is 1. The highest BCUT2D eigenvalue weighted by molar-refractivity contribution is 5.85. The second-order valence-electron chi connectivity index (χ2n) is 6.68. The first-order chi connectivity index (χ1) is 11.6. The molecule has 1 amide bonds. The third-order valence-electron chi connectivity index (χ3n) is 3.45. The summed E-state index contributed by atoms with van der Waals surface area (Å²) in [6, 6.07) is 6.10. The molecule has 1 aromatic carbocycles. The van der Waals surface area contributed by atoms with Gasteiger partial charge in [0.25, 0.3) is 0 Å². The van der Waals surface area contributed by atoms with E-state index in [0.29, 0.717) is 10.9 Å². The Bertz CT molecular complexity index is 858. The summed E-state index contributed by atoms with van der Waals surface area (Å²) in [7, 11) is 1.73. The predicted octanol–water partition coefficient (Wildman–Crippen LogP) is 1.97. The van der Waals surface area contributed by atoms with Crippen molar-refractivity contribution in [3.05, 3.63) is 29.5 Å². The van der Waals surface area contributed by atoms with Crippen molar-refractivity contribution in [2.24, 2.45) is 7.05 Å². The summed E-state index contributed by atoms with van der Waals surface area (Å²) < 4.78 is 6.68. The number of carboxylic acid groups (broad SMARTS) is 1. The van der Waals surface area contributed by atoms with E-state index >= 15 is 0 Å². The number of hydrogen-bond donors (Lipinski definition) is 2. The minimum Gasteiger partial charge on any atom is -0.480 e. The second-order valence-corrected chi connectivity index (χ2v) is 6.68. The molecule has 0 aliphatic heterocycles. The third kappa shape index (κ3) is 4.47. The molecule has 8 heteroatoms. The number of benzene rings is 1. The highest BCUT2D eigenvalue weighted by Crippen LogP contribution is 2.20. The lowest BCUT2D eigenvalue weighted by atomic mass is 10.0. The van der Waals surface area contributed by atoms with Crippen molar-refractivity contribution < 1.29 is 19.4 Å².